The molecule has 0 aromatic heterocycles. The average Bonchev–Trinajstić information content (AvgIpc) is 0.918. The van der Waals surface area contributed by atoms with E-state index in [0.29, 0.717) is 0 Å². The van der Waals surface area contributed by atoms with Crippen molar-refractivity contribution in [2.24, 2.45) is 0 Å². The molecule has 28 valence electrons. The van der Waals surface area contributed by atoms with Crippen LogP contribution in [0.1, 0.15) is 0 Å². The number of rotatable bonds is 0. The zero-order chi connectivity index (χ0) is 2.71. The van der Waals surface area contributed by atoms with E-state index in [1.807, 2.05) is 0 Å². The van der Waals surface area contributed by atoms with E-state index >= 15 is 0 Å². The van der Waals surface area contributed by atoms with Crippen molar-refractivity contribution >= 4 is 83.8 Å². The zero-order valence-corrected chi connectivity index (χ0v) is 9.13. The van der Waals surface area contributed by atoms with Crippen molar-refractivity contribution in [2.75, 3.05) is 0 Å². The van der Waals surface area contributed by atoms with Gasteiger partial charge in [0.15, 0.2) is 0 Å². The van der Waals surface area contributed by atoms with Gasteiger partial charge in [-0.05, 0) is 0 Å². The van der Waals surface area contributed by atoms with Crippen molar-refractivity contribution in [2.45, 2.75) is 0 Å². The summed E-state index contributed by atoms with van der Waals surface area (Å²) in [6.07, 6.45) is 0. The molecule has 0 nitrogen and oxygen atoms in total. The first-order valence-electron chi connectivity index (χ1n) is 0.535. The molecule has 5 heavy (non-hydrogen) atoms. The molecule has 0 fully saturated rings. The molecule has 0 amide bonds. The Bertz CT molecular complexity index is 7.61. The first-order valence-corrected chi connectivity index (χ1v) is 4.81. The Hall–Kier alpha value is 2.93. The molecule has 0 aromatic rings. The maximum atomic E-state index is 4.90. The predicted octanol–water partition coefficient (Wildman–Crippen LogP) is -1.10. The van der Waals surface area contributed by atoms with E-state index in [1.54, 1.807) is 0 Å². The number of hydrogen-bond donors (Lipinski definition) is 0. The SMILES string of the molecule is [Cl][Mg][Cl].[MgH2].[SbH3]. The van der Waals surface area contributed by atoms with Crippen LogP contribution in [-0.4, -0.2) is 65.6 Å². The van der Waals surface area contributed by atoms with E-state index in [-0.39, 0.29) is 47.5 Å². The molecule has 0 unspecified atom stereocenters. The molecule has 0 aromatic carbocycles. The molecule has 0 aliphatic rings. The summed E-state index contributed by atoms with van der Waals surface area (Å²) in [6.45, 7) is 0. The van der Waals surface area contributed by atoms with Crippen LogP contribution in [0.4, 0.5) is 0 Å². The summed E-state index contributed by atoms with van der Waals surface area (Å²) >= 11 is -0.639. The second kappa shape index (κ2) is 15.8. The van der Waals surface area contributed by atoms with Gasteiger partial charge >= 0.3 is 65.6 Å². The summed E-state index contributed by atoms with van der Waals surface area (Å²) in [5, 5.41) is 0. The molecule has 0 atom stereocenters. The minimum absolute atomic E-state index is 0. The van der Waals surface area contributed by atoms with E-state index in [1.165, 1.54) is 0 Å². The zero-order valence-electron chi connectivity index (χ0n) is 2.17. The monoisotopic (exact) mass is 244 g/mol. The summed E-state index contributed by atoms with van der Waals surface area (Å²) in [5.74, 6) is 0. The average molecular weight is 246 g/mol. The molecule has 0 saturated heterocycles. The Morgan fingerprint density at radius 1 is 1.20 bits per heavy atom. The molecule has 0 heterocycles. The van der Waals surface area contributed by atoms with Gasteiger partial charge in [-0.2, -0.15) is 0 Å². The van der Waals surface area contributed by atoms with Gasteiger partial charge < -0.3 is 18.1 Å². The predicted molar refractivity (Wildman–Crippen MR) is 35.9 cm³/mol. The first-order chi connectivity index (χ1) is 1.41. The Labute approximate surface area is 82.2 Å². The molecule has 0 spiro atoms. The summed E-state index contributed by atoms with van der Waals surface area (Å²) in [4.78, 5) is 0. The van der Waals surface area contributed by atoms with Crippen LogP contribution < -0.4 is 0 Å². The molecular weight excluding hydrogens is 241 g/mol. The third-order valence-corrected chi connectivity index (χ3v) is 0. The van der Waals surface area contributed by atoms with Crippen LogP contribution in [0.15, 0.2) is 0 Å². The van der Waals surface area contributed by atoms with Crippen molar-refractivity contribution in [3.8, 4) is 0 Å². The Morgan fingerprint density at radius 2 is 1.20 bits per heavy atom. The van der Waals surface area contributed by atoms with Gasteiger partial charge in [0, 0.05) is 0 Å². The van der Waals surface area contributed by atoms with E-state index in [4.69, 9.17) is 18.1 Å². The third kappa shape index (κ3) is 19.6. The fraction of sp³-hybridized carbons (Fsp3) is 0. The fourth-order valence-electron chi connectivity index (χ4n) is 0. The Morgan fingerprint density at radius 3 is 1.20 bits per heavy atom. The minimum atomic E-state index is -0.639. The van der Waals surface area contributed by atoms with Crippen LogP contribution in [0.3, 0.4) is 0 Å². The molecule has 0 radical (unpaired) electrons. The van der Waals surface area contributed by atoms with E-state index < -0.39 is 18.2 Å². The van der Waals surface area contributed by atoms with Crippen LogP contribution in [0.5, 0.6) is 0 Å². The van der Waals surface area contributed by atoms with Gasteiger partial charge in [0.05, 0.1) is 0 Å². The van der Waals surface area contributed by atoms with Crippen molar-refractivity contribution < 1.29 is 0 Å². The van der Waals surface area contributed by atoms with Gasteiger partial charge in [0.1, 0.15) is 0 Å². The number of halogens is 2. The van der Waals surface area contributed by atoms with Crippen LogP contribution in [0.25, 0.3) is 0 Å². The van der Waals surface area contributed by atoms with Gasteiger partial charge in [0.2, 0.25) is 0 Å². The summed E-state index contributed by atoms with van der Waals surface area (Å²) in [5.41, 5.74) is 0. The van der Waals surface area contributed by atoms with Crippen molar-refractivity contribution in [3.05, 3.63) is 0 Å². The van der Waals surface area contributed by atoms with Crippen LogP contribution >= 0.6 is 18.1 Å². The van der Waals surface area contributed by atoms with E-state index in [2.05, 4.69) is 0 Å². The second-order valence-electron chi connectivity index (χ2n) is 0.101. The van der Waals surface area contributed by atoms with E-state index in [9.17, 15) is 0 Å². The Kier molecular flexibility index (Phi) is 49.4. The van der Waals surface area contributed by atoms with Crippen LogP contribution in [0.2, 0.25) is 0 Å². The Balaban J connectivity index is -0.0000000200. The normalized spacial score (nSPS) is 2.00. The molecule has 0 bridgehead atoms. The summed E-state index contributed by atoms with van der Waals surface area (Å²) in [6, 6.07) is 0. The maximum absolute atomic E-state index is 4.90. The number of hydrogen-bond acceptors (Lipinski definition) is 0. The standard InChI is InChI=1S/2ClH.2Mg.Sb.5H/h2*1H;;;;;;;;/q;;;+2;;;;;;/p-2. The van der Waals surface area contributed by atoms with Crippen molar-refractivity contribution in [3.63, 3.8) is 0 Å². The molecule has 5 heteroatoms. The van der Waals surface area contributed by atoms with Gasteiger partial charge in [0.25, 0.3) is 0 Å². The molecule has 0 aliphatic heterocycles. The summed E-state index contributed by atoms with van der Waals surface area (Å²) in [7, 11) is 9.81. The quantitative estimate of drug-likeness (QED) is 0.476. The van der Waals surface area contributed by atoms with Crippen molar-refractivity contribution in [1.82, 2.24) is 0 Å². The second-order valence-corrected chi connectivity index (χ2v) is 2.73. The molecular formula is H5Cl2Mg2Sb. The topological polar surface area (TPSA) is 0 Å². The summed E-state index contributed by atoms with van der Waals surface area (Å²) < 4.78 is 0. The van der Waals surface area contributed by atoms with Crippen molar-refractivity contribution in [1.29, 1.82) is 0 Å². The van der Waals surface area contributed by atoms with E-state index in [0.717, 1.165) is 0 Å². The van der Waals surface area contributed by atoms with Gasteiger partial charge in [-0.25, -0.2) is 0 Å². The van der Waals surface area contributed by atoms with Crippen LogP contribution in [0, 0.1) is 0 Å². The molecule has 0 rings (SSSR count). The first kappa shape index (κ1) is 15.7. The van der Waals surface area contributed by atoms with Gasteiger partial charge in [-0.1, -0.05) is 0 Å². The fourth-order valence-corrected chi connectivity index (χ4v) is 0. The molecule has 0 N–H and O–H groups in total. The molecule has 0 saturated carbocycles. The van der Waals surface area contributed by atoms with Crippen LogP contribution in [-0.2, 0) is 0 Å². The van der Waals surface area contributed by atoms with Gasteiger partial charge in [-0.3, -0.25) is 0 Å². The molecule has 0 aliphatic carbocycles. The van der Waals surface area contributed by atoms with Gasteiger partial charge in [-0.15, -0.1) is 0 Å². The third-order valence-electron chi connectivity index (χ3n) is 0.